The molecule has 7 heteroatoms. The molecule has 0 aliphatic rings. The molecule has 0 aliphatic heterocycles. The van der Waals surface area contributed by atoms with E-state index in [0.717, 1.165) is 12.8 Å². The van der Waals surface area contributed by atoms with Crippen LogP contribution in [-0.2, 0) is 10.5 Å². The molecule has 0 aliphatic carbocycles. The molecule has 6 nitrogen and oxygen atoms in total. The maximum Gasteiger partial charge on any atom is 0.338 e. The second-order valence-electron chi connectivity index (χ2n) is 6.14. The highest BCUT2D eigenvalue weighted by Crippen LogP contribution is 2.18. The third-order valence-corrected chi connectivity index (χ3v) is 4.58. The van der Waals surface area contributed by atoms with E-state index in [1.54, 1.807) is 36.0 Å². The Bertz CT molecular complexity index is 790. The second kappa shape index (κ2) is 10.0. The lowest BCUT2D eigenvalue weighted by Crippen LogP contribution is -2.12. The number of esters is 1. The van der Waals surface area contributed by atoms with E-state index in [4.69, 9.17) is 4.74 Å². The van der Waals surface area contributed by atoms with Crippen molar-refractivity contribution in [1.82, 2.24) is 9.97 Å². The quantitative estimate of drug-likeness (QED) is 0.507. The normalized spacial score (nSPS) is 10.8. The van der Waals surface area contributed by atoms with Crippen LogP contribution >= 0.6 is 11.8 Å². The SMILES string of the molecule is CCCCOC(=O)c1cccc(Nc2nc(CSC(C)C)cc(=O)[nH]2)c1. The zero-order chi connectivity index (χ0) is 18.9. The first-order valence-corrected chi connectivity index (χ1v) is 9.79. The standard InChI is InChI=1S/C19H25N3O3S/c1-4-5-9-25-18(24)14-7-6-8-15(10-14)20-19-21-16(11-17(23)22-19)12-26-13(2)3/h6-8,10-11,13H,4-5,9,12H2,1-3H3,(H2,20,21,22,23). The molecular weight excluding hydrogens is 350 g/mol. The Labute approximate surface area is 157 Å². The van der Waals surface area contributed by atoms with Gasteiger partial charge >= 0.3 is 5.97 Å². The van der Waals surface area contributed by atoms with Crippen LogP contribution in [0.2, 0.25) is 0 Å². The van der Waals surface area contributed by atoms with Crippen molar-refractivity contribution in [3.8, 4) is 0 Å². The molecule has 0 saturated heterocycles. The van der Waals surface area contributed by atoms with Gasteiger partial charge in [0.2, 0.25) is 5.95 Å². The Balaban J connectivity index is 2.09. The number of ether oxygens (including phenoxy) is 1. The number of nitrogens with zero attached hydrogens (tertiary/aromatic N) is 1. The van der Waals surface area contributed by atoms with E-state index in [1.165, 1.54) is 6.07 Å². The fourth-order valence-electron chi connectivity index (χ4n) is 2.15. The summed E-state index contributed by atoms with van der Waals surface area (Å²) in [5, 5.41) is 3.51. The van der Waals surface area contributed by atoms with Crippen LogP contribution < -0.4 is 10.9 Å². The first-order chi connectivity index (χ1) is 12.5. The Morgan fingerprint density at radius 1 is 1.35 bits per heavy atom. The number of aromatic amines is 1. The molecule has 2 rings (SSSR count). The monoisotopic (exact) mass is 375 g/mol. The van der Waals surface area contributed by atoms with Crippen molar-refractivity contribution in [2.75, 3.05) is 11.9 Å². The number of carbonyl (C=O) groups excluding carboxylic acids is 1. The molecule has 1 aromatic heterocycles. The third-order valence-electron chi connectivity index (χ3n) is 3.45. The van der Waals surface area contributed by atoms with Gasteiger partial charge in [0.15, 0.2) is 0 Å². The highest BCUT2D eigenvalue weighted by atomic mass is 32.2. The Kier molecular flexibility index (Phi) is 7.72. The molecule has 0 saturated carbocycles. The van der Waals surface area contributed by atoms with Gasteiger partial charge in [-0.15, -0.1) is 0 Å². The molecule has 0 unspecified atom stereocenters. The van der Waals surface area contributed by atoms with Crippen molar-refractivity contribution < 1.29 is 9.53 Å². The fourth-order valence-corrected chi connectivity index (χ4v) is 2.80. The zero-order valence-corrected chi connectivity index (χ0v) is 16.2. The fraction of sp³-hybridized carbons (Fsp3) is 0.421. The smallest absolute Gasteiger partial charge is 0.338 e. The van der Waals surface area contributed by atoms with Crippen LogP contribution in [0.5, 0.6) is 0 Å². The van der Waals surface area contributed by atoms with Crippen molar-refractivity contribution in [2.45, 2.75) is 44.6 Å². The largest absolute Gasteiger partial charge is 0.462 e. The van der Waals surface area contributed by atoms with Crippen LogP contribution in [0.3, 0.4) is 0 Å². The van der Waals surface area contributed by atoms with Gasteiger partial charge in [-0.05, 0) is 29.9 Å². The third kappa shape index (κ3) is 6.55. The molecule has 0 fully saturated rings. The number of hydrogen-bond acceptors (Lipinski definition) is 6. The average Bonchev–Trinajstić information content (AvgIpc) is 2.60. The molecule has 0 amide bonds. The number of H-pyrrole nitrogens is 1. The lowest BCUT2D eigenvalue weighted by atomic mass is 10.2. The van der Waals surface area contributed by atoms with Crippen molar-refractivity contribution in [1.29, 1.82) is 0 Å². The molecule has 2 N–H and O–H groups in total. The molecule has 0 spiro atoms. The van der Waals surface area contributed by atoms with E-state index in [-0.39, 0.29) is 11.5 Å². The maximum absolute atomic E-state index is 12.1. The average molecular weight is 375 g/mol. The lowest BCUT2D eigenvalue weighted by molar-refractivity contribution is 0.0500. The minimum Gasteiger partial charge on any atom is -0.462 e. The molecule has 26 heavy (non-hydrogen) atoms. The first-order valence-electron chi connectivity index (χ1n) is 8.74. The van der Waals surface area contributed by atoms with Gasteiger partial charge in [-0.1, -0.05) is 33.3 Å². The summed E-state index contributed by atoms with van der Waals surface area (Å²) in [6.07, 6.45) is 1.81. The van der Waals surface area contributed by atoms with Crippen molar-refractivity contribution >= 4 is 29.4 Å². The molecule has 0 atom stereocenters. The highest BCUT2D eigenvalue weighted by Gasteiger charge is 2.09. The summed E-state index contributed by atoms with van der Waals surface area (Å²) in [5.74, 6) is 0.666. The first kappa shape index (κ1) is 20.0. The Hall–Kier alpha value is -2.28. The number of anilines is 2. The van der Waals surface area contributed by atoms with Crippen LogP contribution in [0.25, 0.3) is 0 Å². The number of benzene rings is 1. The van der Waals surface area contributed by atoms with E-state index in [2.05, 4.69) is 29.1 Å². The van der Waals surface area contributed by atoms with Gasteiger partial charge in [-0.2, -0.15) is 11.8 Å². The predicted octanol–water partition coefficient (Wildman–Crippen LogP) is 4.11. The summed E-state index contributed by atoms with van der Waals surface area (Å²) in [4.78, 5) is 31.0. The topological polar surface area (TPSA) is 84.1 Å². The maximum atomic E-state index is 12.1. The summed E-state index contributed by atoms with van der Waals surface area (Å²) in [5.41, 5.74) is 1.62. The van der Waals surface area contributed by atoms with Crippen LogP contribution in [0.4, 0.5) is 11.6 Å². The predicted molar refractivity (Wildman–Crippen MR) is 106 cm³/mol. The van der Waals surface area contributed by atoms with Crippen LogP contribution in [0.1, 0.15) is 49.7 Å². The molecule has 1 aromatic carbocycles. The number of rotatable bonds is 9. The lowest BCUT2D eigenvalue weighted by Gasteiger charge is -2.09. The number of nitrogens with one attached hydrogen (secondary N) is 2. The van der Waals surface area contributed by atoms with Gasteiger partial charge in [0.05, 0.1) is 17.9 Å². The summed E-state index contributed by atoms with van der Waals surface area (Å²) >= 11 is 1.72. The van der Waals surface area contributed by atoms with E-state index in [0.29, 0.717) is 40.5 Å². The highest BCUT2D eigenvalue weighted by molar-refractivity contribution is 7.99. The van der Waals surface area contributed by atoms with E-state index in [9.17, 15) is 9.59 Å². The molecule has 140 valence electrons. The molecule has 0 radical (unpaired) electrons. The van der Waals surface area contributed by atoms with E-state index < -0.39 is 0 Å². The Morgan fingerprint density at radius 2 is 2.15 bits per heavy atom. The van der Waals surface area contributed by atoms with Gasteiger partial charge in [-0.3, -0.25) is 9.78 Å². The van der Waals surface area contributed by atoms with Crippen LogP contribution in [0, 0.1) is 0 Å². The van der Waals surface area contributed by atoms with Gasteiger partial charge in [0, 0.05) is 17.5 Å². The number of hydrogen-bond donors (Lipinski definition) is 2. The van der Waals surface area contributed by atoms with Crippen molar-refractivity contribution in [2.24, 2.45) is 0 Å². The van der Waals surface area contributed by atoms with Crippen LogP contribution in [0.15, 0.2) is 35.1 Å². The van der Waals surface area contributed by atoms with Crippen LogP contribution in [-0.4, -0.2) is 27.8 Å². The summed E-state index contributed by atoms with van der Waals surface area (Å²) < 4.78 is 5.22. The summed E-state index contributed by atoms with van der Waals surface area (Å²) in [7, 11) is 0. The number of thioether (sulfide) groups is 1. The molecular formula is C19H25N3O3S. The number of unbranched alkanes of at least 4 members (excludes halogenated alkanes) is 1. The van der Waals surface area contributed by atoms with E-state index >= 15 is 0 Å². The molecule has 0 bridgehead atoms. The summed E-state index contributed by atoms with van der Waals surface area (Å²) in [6, 6.07) is 8.45. The van der Waals surface area contributed by atoms with Crippen molar-refractivity contribution in [3.63, 3.8) is 0 Å². The minimum atomic E-state index is -0.356. The van der Waals surface area contributed by atoms with Gasteiger partial charge < -0.3 is 10.1 Å². The second-order valence-corrected chi connectivity index (χ2v) is 7.71. The van der Waals surface area contributed by atoms with Crippen molar-refractivity contribution in [3.05, 3.63) is 51.9 Å². The number of aromatic nitrogens is 2. The van der Waals surface area contributed by atoms with E-state index in [1.807, 2.05) is 6.92 Å². The summed E-state index contributed by atoms with van der Waals surface area (Å²) in [6.45, 7) is 6.65. The van der Waals surface area contributed by atoms with Gasteiger partial charge in [-0.25, -0.2) is 9.78 Å². The number of carbonyl (C=O) groups is 1. The molecule has 1 heterocycles. The van der Waals surface area contributed by atoms with Gasteiger partial charge in [0.25, 0.3) is 5.56 Å². The minimum absolute atomic E-state index is 0.211. The molecule has 2 aromatic rings. The Morgan fingerprint density at radius 3 is 2.88 bits per heavy atom. The van der Waals surface area contributed by atoms with Gasteiger partial charge in [0.1, 0.15) is 0 Å². The zero-order valence-electron chi connectivity index (χ0n) is 15.4.